The van der Waals surface area contributed by atoms with Gasteiger partial charge in [-0.15, -0.1) is 0 Å². The van der Waals surface area contributed by atoms with Gasteiger partial charge in [-0.05, 0) is 51.0 Å². The second kappa shape index (κ2) is 7.66. The van der Waals surface area contributed by atoms with Crippen LogP contribution >= 0.6 is 11.6 Å². The molecule has 7 heteroatoms. The third-order valence-electron chi connectivity index (χ3n) is 5.14. The average Bonchev–Trinajstić information content (AvgIpc) is 2.67. The number of aromatic nitrogens is 3. The van der Waals surface area contributed by atoms with E-state index in [1.807, 2.05) is 18.2 Å². The predicted molar refractivity (Wildman–Crippen MR) is 109 cm³/mol. The molecule has 1 aliphatic heterocycles. The van der Waals surface area contributed by atoms with Gasteiger partial charge in [0.15, 0.2) is 0 Å². The number of hydrogen-bond acceptors (Lipinski definition) is 5. The highest BCUT2D eigenvalue weighted by Crippen LogP contribution is 2.26. The van der Waals surface area contributed by atoms with Gasteiger partial charge in [0.2, 0.25) is 5.95 Å². The molecule has 0 atom stereocenters. The van der Waals surface area contributed by atoms with Crippen LogP contribution in [-0.2, 0) is 0 Å². The van der Waals surface area contributed by atoms with Gasteiger partial charge in [0.05, 0.1) is 0 Å². The minimum absolute atomic E-state index is 0.212. The smallest absolute Gasteiger partial charge is 0.257 e. The number of pyridine rings is 1. The van der Waals surface area contributed by atoms with Gasteiger partial charge in [0.1, 0.15) is 5.65 Å². The minimum atomic E-state index is -0.212. The molecule has 0 aliphatic carbocycles. The summed E-state index contributed by atoms with van der Waals surface area (Å²) in [5, 5.41) is 4.63. The number of piperidine rings is 1. The molecule has 0 bridgehead atoms. The van der Waals surface area contributed by atoms with Crippen LogP contribution in [-0.4, -0.2) is 46.5 Å². The molecule has 0 unspecified atom stereocenters. The number of hydrogen-bond donors (Lipinski definition) is 2. The third-order valence-corrected chi connectivity index (χ3v) is 5.47. The first-order chi connectivity index (χ1) is 13.1. The Bertz CT molecular complexity index is 1010. The van der Waals surface area contributed by atoms with Gasteiger partial charge in [-0.25, -0.2) is 4.98 Å². The lowest BCUT2D eigenvalue weighted by atomic mass is 9.97. The lowest BCUT2D eigenvalue weighted by molar-refractivity contribution is 0.226. The molecule has 0 amide bonds. The Kier molecular flexibility index (Phi) is 5.09. The van der Waals surface area contributed by atoms with E-state index in [0.717, 1.165) is 25.0 Å². The lowest BCUT2D eigenvalue weighted by Crippen LogP contribution is -2.33. The minimum Gasteiger partial charge on any atom is -0.354 e. The molecular formula is C20H22ClN5O. The highest BCUT2D eigenvalue weighted by molar-refractivity contribution is 6.33. The van der Waals surface area contributed by atoms with E-state index in [1.165, 1.54) is 12.8 Å². The molecule has 0 radical (unpaired) electrons. The van der Waals surface area contributed by atoms with Crippen molar-refractivity contribution in [2.45, 2.75) is 12.8 Å². The Morgan fingerprint density at radius 3 is 2.81 bits per heavy atom. The van der Waals surface area contributed by atoms with Crippen molar-refractivity contribution < 1.29 is 0 Å². The summed E-state index contributed by atoms with van der Waals surface area (Å²) in [6, 6.07) is 9.09. The van der Waals surface area contributed by atoms with E-state index < -0.39 is 0 Å². The van der Waals surface area contributed by atoms with Crippen molar-refractivity contribution in [2.24, 2.45) is 5.92 Å². The molecule has 1 fully saturated rings. The predicted octanol–water partition coefficient (Wildman–Crippen LogP) is 3.39. The molecule has 2 N–H and O–H groups in total. The van der Waals surface area contributed by atoms with Gasteiger partial charge in [0.25, 0.3) is 5.56 Å². The first-order valence-corrected chi connectivity index (χ1v) is 9.55. The number of nitrogens with zero attached hydrogens (tertiary/aromatic N) is 3. The van der Waals surface area contributed by atoms with Crippen molar-refractivity contribution in [3.05, 3.63) is 51.9 Å². The van der Waals surface area contributed by atoms with Crippen molar-refractivity contribution in [3.63, 3.8) is 0 Å². The van der Waals surface area contributed by atoms with Crippen molar-refractivity contribution in [2.75, 3.05) is 32.0 Å². The van der Waals surface area contributed by atoms with E-state index >= 15 is 0 Å². The fraction of sp³-hybridized carbons (Fsp3) is 0.350. The molecule has 3 heterocycles. The molecule has 27 heavy (non-hydrogen) atoms. The van der Waals surface area contributed by atoms with Gasteiger partial charge in [0, 0.05) is 34.3 Å². The van der Waals surface area contributed by atoms with Crippen molar-refractivity contribution in [1.82, 2.24) is 19.9 Å². The standard InChI is InChI=1S/C20H22ClN5O/c1-26-8-6-13(7-9-26)11-22-20-23-12-14-10-16(19(27)24-18(14)25-20)15-4-2-3-5-17(15)21/h2-5,10,12-13H,6-9,11H2,1H3,(H2,22,23,24,25,27). The summed E-state index contributed by atoms with van der Waals surface area (Å²) in [6.45, 7) is 3.10. The SMILES string of the molecule is CN1CCC(CNc2ncc3cc(-c4ccccc4Cl)c(=O)[nH]c3n2)CC1. The van der Waals surface area contributed by atoms with Crippen LogP contribution in [0.15, 0.2) is 41.3 Å². The van der Waals surface area contributed by atoms with E-state index in [2.05, 4.69) is 32.2 Å². The molecule has 3 aromatic rings. The highest BCUT2D eigenvalue weighted by atomic mass is 35.5. The topological polar surface area (TPSA) is 73.9 Å². The second-order valence-corrected chi connectivity index (χ2v) is 7.52. The number of nitrogens with one attached hydrogen (secondary N) is 2. The Balaban J connectivity index is 1.56. The van der Waals surface area contributed by atoms with Crippen LogP contribution < -0.4 is 10.9 Å². The first kappa shape index (κ1) is 17.9. The number of likely N-dealkylation sites (tertiary alicyclic amines) is 1. The Morgan fingerprint density at radius 2 is 2.04 bits per heavy atom. The van der Waals surface area contributed by atoms with Crippen LogP contribution in [0.4, 0.5) is 5.95 Å². The maximum absolute atomic E-state index is 12.5. The van der Waals surface area contributed by atoms with E-state index in [9.17, 15) is 4.79 Å². The lowest BCUT2D eigenvalue weighted by Gasteiger charge is -2.28. The molecule has 1 saturated heterocycles. The zero-order chi connectivity index (χ0) is 18.8. The molecule has 0 spiro atoms. The number of aromatic amines is 1. The Hall–Kier alpha value is -2.44. The zero-order valence-electron chi connectivity index (χ0n) is 15.2. The molecule has 1 aliphatic rings. The third kappa shape index (κ3) is 3.96. The van der Waals surface area contributed by atoms with Crippen molar-refractivity contribution >= 4 is 28.6 Å². The van der Waals surface area contributed by atoms with Gasteiger partial charge < -0.3 is 15.2 Å². The van der Waals surface area contributed by atoms with Gasteiger partial charge in [-0.1, -0.05) is 29.8 Å². The molecule has 4 rings (SSSR count). The van der Waals surface area contributed by atoms with Crippen molar-refractivity contribution in [1.29, 1.82) is 0 Å². The maximum Gasteiger partial charge on any atom is 0.257 e. The second-order valence-electron chi connectivity index (χ2n) is 7.12. The van der Waals surface area contributed by atoms with Crippen LogP contribution in [0.2, 0.25) is 5.02 Å². The van der Waals surface area contributed by atoms with Gasteiger partial charge in [-0.2, -0.15) is 4.98 Å². The fourth-order valence-corrected chi connectivity index (χ4v) is 3.70. The summed E-state index contributed by atoms with van der Waals surface area (Å²) in [5.41, 5.74) is 1.53. The molecule has 2 aromatic heterocycles. The summed E-state index contributed by atoms with van der Waals surface area (Å²) in [5.74, 6) is 1.17. The quantitative estimate of drug-likeness (QED) is 0.722. The van der Waals surface area contributed by atoms with E-state index in [1.54, 1.807) is 18.3 Å². The Morgan fingerprint density at radius 1 is 1.26 bits per heavy atom. The van der Waals surface area contributed by atoms with Crippen LogP contribution in [0.5, 0.6) is 0 Å². The fourth-order valence-electron chi connectivity index (χ4n) is 3.46. The number of benzene rings is 1. The first-order valence-electron chi connectivity index (χ1n) is 9.17. The summed E-state index contributed by atoms with van der Waals surface area (Å²) in [7, 11) is 2.16. The van der Waals surface area contributed by atoms with Crippen molar-refractivity contribution in [3.8, 4) is 11.1 Å². The van der Waals surface area contributed by atoms with E-state index in [0.29, 0.717) is 33.7 Å². The monoisotopic (exact) mass is 383 g/mol. The molecule has 1 aromatic carbocycles. The molecular weight excluding hydrogens is 362 g/mol. The van der Waals surface area contributed by atoms with E-state index in [4.69, 9.17) is 11.6 Å². The summed E-state index contributed by atoms with van der Waals surface area (Å²) >= 11 is 6.23. The highest BCUT2D eigenvalue weighted by Gasteiger charge is 2.17. The normalized spacial score (nSPS) is 15.9. The summed E-state index contributed by atoms with van der Waals surface area (Å²) in [6.07, 6.45) is 4.08. The maximum atomic E-state index is 12.5. The van der Waals surface area contributed by atoms with E-state index in [-0.39, 0.29) is 5.56 Å². The molecule has 6 nitrogen and oxygen atoms in total. The summed E-state index contributed by atoms with van der Waals surface area (Å²) in [4.78, 5) is 26.6. The number of rotatable bonds is 4. The number of fused-ring (bicyclic) bond motifs is 1. The molecule has 140 valence electrons. The van der Waals surface area contributed by atoms with Gasteiger partial charge in [-0.3, -0.25) is 4.79 Å². The largest absolute Gasteiger partial charge is 0.354 e. The Labute approximate surface area is 162 Å². The van der Waals surface area contributed by atoms with Crippen LogP contribution in [0, 0.1) is 5.92 Å². The van der Waals surface area contributed by atoms with Crippen LogP contribution in [0.3, 0.4) is 0 Å². The number of halogens is 1. The number of H-pyrrole nitrogens is 1. The average molecular weight is 384 g/mol. The molecule has 0 saturated carbocycles. The van der Waals surface area contributed by atoms with Crippen LogP contribution in [0.1, 0.15) is 12.8 Å². The zero-order valence-corrected chi connectivity index (χ0v) is 16.0. The van der Waals surface area contributed by atoms with Gasteiger partial charge >= 0.3 is 0 Å². The number of anilines is 1. The summed E-state index contributed by atoms with van der Waals surface area (Å²) < 4.78 is 0. The van der Waals surface area contributed by atoms with Crippen LogP contribution in [0.25, 0.3) is 22.2 Å².